The molecule has 0 radical (unpaired) electrons. The van der Waals surface area contributed by atoms with Crippen LogP contribution < -0.4 is 10.6 Å². The zero-order valence-corrected chi connectivity index (χ0v) is 12.5. The molecule has 2 aliphatic carbocycles. The first-order valence-electron chi connectivity index (χ1n) is 7.84. The Morgan fingerprint density at radius 2 is 1.87 bits per heavy atom. The molecule has 1 aromatic carbocycles. The molecule has 23 heavy (non-hydrogen) atoms. The van der Waals surface area contributed by atoms with E-state index < -0.39 is 4.92 Å². The van der Waals surface area contributed by atoms with Crippen molar-refractivity contribution in [2.24, 2.45) is 0 Å². The van der Waals surface area contributed by atoms with Crippen molar-refractivity contribution < 1.29 is 4.92 Å². The van der Waals surface area contributed by atoms with Crippen LogP contribution in [-0.4, -0.2) is 20.9 Å². The van der Waals surface area contributed by atoms with Gasteiger partial charge >= 0.3 is 5.69 Å². The Hall–Kier alpha value is -2.70. The van der Waals surface area contributed by atoms with Crippen molar-refractivity contribution >= 4 is 23.1 Å². The third-order valence-electron chi connectivity index (χ3n) is 4.10. The molecule has 118 valence electrons. The number of nitro groups is 1. The van der Waals surface area contributed by atoms with Gasteiger partial charge in [0.05, 0.1) is 4.92 Å². The summed E-state index contributed by atoms with van der Waals surface area (Å²) in [6, 6.07) is 8.40. The van der Waals surface area contributed by atoms with Crippen LogP contribution in [0, 0.1) is 10.1 Å². The molecule has 7 heteroatoms. The monoisotopic (exact) mass is 311 g/mol. The molecule has 0 spiro atoms. The Balaban J connectivity index is 1.58. The van der Waals surface area contributed by atoms with E-state index in [1.807, 2.05) is 12.1 Å². The molecule has 0 bridgehead atoms. The van der Waals surface area contributed by atoms with Crippen LogP contribution in [0.1, 0.15) is 37.2 Å². The molecular weight excluding hydrogens is 294 g/mol. The lowest BCUT2D eigenvalue weighted by Crippen LogP contribution is -2.08. The number of hydrogen-bond donors (Lipinski definition) is 2. The second kappa shape index (κ2) is 5.49. The van der Waals surface area contributed by atoms with E-state index in [1.54, 1.807) is 0 Å². The van der Waals surface area contributed by atoms with Crippen LogP contribution in [0.2, 0.25) is 0 Å². The molecule has 2 saturated carbocycles. The third-order valence-corrected chi connectivity index (χ3v) is 4.10. The molecule has 4 rings (SSSR count). The molecule has 0 amide bonds. The molecular formula is C16H17N5O2. The molecule has 2 N–H and O–H groups in total. The number of aromatic nitrogens is 2. The fourth-order valence-electron chi connectivity index (χ4n) is 2.47. The van der Waals surface area contributed by atoms with Crippen molar-refractivity contribution in [2.45, 2.75) is 37.6 Å². The highest BCUT2D eigenvalue weighted by Gasteiger charge is 2.25. The Labute approximate surface area is 133 Å². The predicted molar refractivity (Wildman–Crippen MR) is 87.0 cm³/mol. The lowest BCUT2D eigenvalue weighted by molar-refractivity contribution is -0.384. The van der Waals surface area contributed by atoms with E-state index in [0.717, 1.165) is 18.5 Å². The van der Waals surface area contributed by atoms with Crippen molar-refractivity contribution in [3.05, 3.63) is 46.1 Å². The zero-order valence-electron chi connectivity index (χ0n) is 12.5. The molecule has 0 atom stereocenters. The number of nitrogens with zero attached hydrogens (tertiary/aromatic N) is 3. The van der Waals surface area contributed by atoms with Crippen molar-refractivity contribution in [3.63, 3.8) is 0 Å². The fourth-order valence-corrected chi connectivity index (χ4v) is 2.47. The minimum Gasteiger partial charge on any atom is -0.351 e. The number of benzene rings is 1. The first-order chi connectivity index (χ1) is 11.2. The predicted octanol–water partition coefficient (Wildman–Crippen LogP) is 3.58. The summed E-state index contributed by atoms with van der Waals surface area (Å²) < 4.78 is 0. The van der Waals surface area contributed by atoms with Gasteiger partial charge in [-0.3, -0.25) is 10.1 Å². The maximum absolute atomic E-state index is 11.2. The third kappa shape index (κ3) is 3.23. The minimum absolute atomic E-state index is 0.127. The van der Waals surface area contributed by atoms with E-state index >= 15 is 0 Å². The van der Waals surface area contributed by atoms with Crippen LogP contribution in [0.3, 0.4) is 0 Å². The Kier molecular flexibility index (Phi) is 3.33. The number of anilines is 3. The van der Waals surface area contributed by atoms with E-state index in [-0.39, 0.29) is 11.5 Å². The molecule has 1 aromatic heterocycles. The first kappa shape index (κ1) is 13.9. The van der Waals surface area contributed by atoms with Crippen molar-refractivity contribution in [2.75, 3.05) is 10.6 Å². The summed E-state index contributed by atoms with van der Waals surface area (Å²) >= 11 is 0. The lowest BCUT2D eigenvalue weighted by Gasteiger charge is -2.09. The molecule has 0 saturated heterocycles. The van der Waals surface area contributed by atoms with E-state index in [2.05, 4.69) is 32.7 Å². The second-order valence-electron chi connectivity index (χ2n) is 6.12. The summed E-state index contributed by atoms with van der Waals surface area (Å²) in [7, 11) is 0. The molecule has 2 fully saturated rings. The summed E-state index contributed by atoms with van der Waals surface area (Å²) in [5, 5.41) is 17.4. The highest BCUT2D eigenvalue weighted by Crippen LogP contribution is 2.40. The van der Waals surface area contributed by atoms with E-state index in [9.17, 15) is 10.1 Å². The maximum Gasteiger partial charge on any atom is 0.329 e. The van der Waals surface area contributed by atoms with Crippen molar-refractivity contribution in [1.82, 2.24) is 9.97 Å². The van der Waals surface area contributed by atoms with Crippen LogP contribution >= 0.6 is 0 Å². The highest BCUT2D eigenvalue weighted by molar-refractivity contribution is 5.66. The van der Waals surface area contributed by atoms with E-state index in [1.165, 1.54) is 24.6 Å². The standard InChI is InChI=1S/C16H17N5O2/c22-21(23)14-9-17-16(19-13-7-8-13)20-15(14)18-12-5-3-11(4-6-12)10-1-2-10/h3-6,9-10,13H,1-2,7-8H2,(H2,17,18,19,20). The van der Waals surface area contributed by atoms with Gasteiger partial charge in [0.25, 0.3) is 0 Å². The van der Waals surface area contributed by atoms with Crippen LogP contribution in [0.4, 0.5) is 23.1 Å². The fraction of sp³-hybridized carbons (Fsp3) is 0.375. The van der Waals surface area contributed by atoms with Crippen LogP contribution in [-0.2, 0) is 0 Å². The quantitative estimate of drug-likeness (QED) is 0.625. The number of nitrogens with one attached hydrogen (secondary N) is 2. The Morgan fingerprint density at radius 3 is 2.48 bits per heavy atom. The van der Waals surface area contributed by atoms with Gasteiger partial charge in [0.1, 0.15) is 6.20 Å². The van der Waals surface area contributed by atoms with Crippen LogP contribution in [0.5, 0.6) is 0 Å². The smallest absolute Gasteiger partial charge is 0.329 e. The SMILES string of the molecule is O=[N+]([O-])c1cnc(NC2CC2)nc1Nc1ccc(C2CC2)cc1. The topological polar surface area (TPSA) is 93.0 Å². The highest BCUT2D eigenvalue weighted by atomic mass is 16.6. The van der Waals surface area contributed by atoms with Gasteiger partial charge in [-0.1, -0.05) is 12.1 Å². The minimum atomic E-state index is -0.470. The van der Waals surface area contributed by atoms with Gasteiger partial charge in [-0.05, 0) is 49.3 Å². The molecule has 7 nitrogen and oxygen atoms in total. The van der Waals surface area contributed by atoms with Gasteiger partial charge in [0, 0.05) is 11.7 Å². The molecule has 0 aliphatic heterocycles. The van der Waals surface area contributed by atoms with Crippen LogP contribution in [0.25, 0.3) is 0 Å². The van der Waals surface area contributed by atoms with Gasteiger partial charge in [-0.15, -0.1) is 0 Å². The maximum atomic E-state index is 11.2. The average molecular weight is 311 g/mol. The molecule has 1 heterocycles. The summed E-state index contributed by atoms with van der Waals surface area (Å²) in [5.74, 6) is 1.33. The normalized spacial score (nSPS) is 16.9. The van der Waals surface area contributed by atoms with Crippen molar-refractivity contribution in [3.8, 4) is 0 Å². The van der Waals surface area contributed by atoms with Gasteiger partial charge in [0.2, 0.25) is 11.8 Å². The summed E-state index contributed by atoms with van der Waals surface area (Å²) in [5.41, 5.74) is 1.98. The first-order valence-corrected chi connectivity index (χ1v) is 7.84. The largest absolute Gasteiger partial charge is 0.351 e. The summed E-state index contributed by atoms with van der Waals surface area (Å²) in [4.78, 5) is 19.0. The van der Waals surface area contributed by atoms with Gasteiger partial charge in [0.15, 0.2) is 0 Å². The van der Waals surface area contributed by atoms with Gasteiger partial charge in [-0.25, -0.2) is 4.98 Å². The Bertz CT molecular complexity index is 739. The number of hydrogen-bond acceptors (Lipinski definition) is 6. The number of rotatable bonds is 6. The second-order valence-corrected chi connectivity index (χ2v) is 6.12. The molecule has 0 unspecified atom stereocenters. The summed E-state index contributed by atoms with van der Waals surface area (Å²) in [6.07, 6.45) is 5.93. The Morgan fingerprint density at radius 1 is 1.13 bits per heavy atom. The van der Waals surface area contributed by atoms with Crippen molar-refractivity contribution in [1.29, 1.82) is 0 Å². The zero-order chi connectivity index (χ0) is 15.8. The molecule has 2 aliphatic rings. The summed E-state index contributed by atoms with van der Waals surface area (Å²) in [6.45, 7) is 0. The van der Waals surface area contributed by atoms with Gasteiger partial charge in [-0.2, -0.15) is 4.98 Å². The van der Waals surface area contributed by atoms with Crippen LogP contribution in [0.15, 0.2) is 30.5 Å². The van der Waals surface area contributed by atoms with Gasteiger partial charge < -0.3 is 10.6 Å². The average Bonchev–Trinajstić information content (AvgIpc) is 3.42. The van der Waals surface area contributed by atoms with E-state index in [4.69, 9.17) is 0 Å². The lowest BCUT2D eigenvalue weighted by atomic mass is 10.1. The van der Waals surface area contributed by atoms with E-state index in [0.29, 0.717) is 17.9 Å². The molecule has 2 aromatic rings.